The SMILES string of the molecule is C=C(O)/C=C\C(=C)SC. The number of aliphatic hydroxyl groups excluding tert-OH is 1. The molecule has 50 valence electrons. The summed E-state index contributed by atoms with van der Waals surface area (Å²) >= 11 is 1.53. The zero-order valence-corrected chi connectivity index (χ0v) is 6.24. The van der Waals surface area contributed by atoms with E-state index in [0.717, 1.165) is 4.91 Å². The summed E-state index contributed by atoms with van der Waals surface area (Å²) in [6, 6.07) is 0. The van der Waals surface area contributed by atoms with Crippen LogP contribution < -0.4 is 0 Å². The highest BCUT2D eigenvalue weighted by molar-refractivity contribution is 8.02. The summed E-state index contributed by atoms with van der Waals surface area (Å²) in [5, 5.41) is 8.57. The van der Waals surface area contributed by atoms with Crippen molar-refractivity contribution in [1.29, 1.82) is 0 Å². The quantitative estimate of drug-likeness (QED) is 0.482. The van der Waals surface area contributed by atoms with E-state index in [1.54, 1.807) is 6.08 Å². The van der Waals surface area contributed by atoms with Crippen molar-refractivity contribution >= 4 is 11.8 Å². The lowest BCUT2D eigenvalue weighted by molar-refractivity contribution is 0.435. The molecule has 0 bridgehead atoms. The number of rotatable bonds is 3. The van der Waals surface area contributed by atoms with Gasteiger partial charge in [0.25, 0.3) is 0 Å². The van der Waals surface area contributed by atoms with Crippen LogP contribution in [-0.4, -0.2) is 11.4 Å². The summed E-state index contributed by atoms with van der Waals surface area (Å²) in [5.41, 5.74) is 0. The van der Waals surface area contributed by atoms with Crippen LogP contribution in [0.1, 0.15) is 0 Å². The predicted octanol–water partition coefficient (Wildman–Crippen LogP) is 2.49. The van der Waals surface area contributed by atoms with Gasteiger partial charge in [-0.2, -0.15) is 0 Å². The fourth-order valence-corrected chi connectivity index (χ4v) is 0.461. The highest BCUT2D eigenvalue weighted by atomic mass is 32.2. The normalized spacial score (nSPS) is 9.89. The van der Waals surface area contributed by atoms with Gasteiger partial charge in [-0.25, -0.2) is 0 Å². The van der Waals surface area contributed by atoms with E-state index in [-0.39, 0.29) is 5.76 Å². The average Bonchev–Trinajstić information content (AvgIpc) is 1.83. The smallest absolute Gasteiger partial charge is 0.108 e. The molecular formula is C7H10OS. The third kappa shape index (κ3) is 5.24. The fourth-order valence-electron chi connectivity index (χ4n) is 0.257. The molecule has 0 radical (unpaired) electrons. The highest BCUT2D eigenvalue weighted by Crippen LogP contribution is 2.09. The molecule has 0 aliphatic rings. The van der Waals surface area contributed by atoms with Crippen molar-refractivity contribution < 1.29 is 5.11 Å². The van der Waals surface area contributed by atoms with E-state index >= 15 is 0 Å². The Labute approximate surface area is 59.8 Å². The second-order valence-electron chi connectivity index (χ2n) is 1.50. The lowest BCUT2D eigenvalue weighted by Crippen LogP contribution is -1.68. The van der Waals surface area contributed by atoms with E-state index in [4.69, 9.17) is 5.11 Å². The Hall–Kier alpha value is -0.630. The van der Waals surface area contributed by atoms with Gasteiger partial charge >= 0.3 is 0 Å². The molecular weight excluding hydrogens is 132 g/mol. The molecule has 0 amide bonds. The average molecular weight is 142 g/mol. The molecule has 0 atom stereocenters. The third-order valence-corrected chi connectivity index (χ3v) is 1.38. The van der Waals surface area contributed by atoms with Gasteiger partial charge in [0.2, 0.25) is 0 Å². The van der Waals surface area contributed by atoms with Crippen LogP contribution in [0.2, 0.25) is 0 Å². The summed E-state index contributed by atoms with van der Waals surface area (Å²) in [6.45, 7) is 6.95. The molecule has 0 aromatic heterocycles. The first-order valence-electron chi connectivity index (χ1n) is 2.45. The Balaban J connectivity index is 3.71. The van der Waals surface area contributed by atoms with Gasteiger partial charge < -0.3 is 5.11 Å². The molecule has 9 heavy (non-hydrogen) atoms. The number of thioether (sulfide) groups is 1. The maximum atomic E-state index is 8.57. The van der Waals surface area contributed by atoms with Gasteiger partial charge in [-0.15, -0.1) is 11.8 Å². The molecule has 0 heterocycles. The largest absolute Gasteiger partial charge is 0.509 e. The van der Waals surface area contributed by atoms with E-state index in [2.05, 4.69) is 13.2 Å². The highest BCUT2D eigenvalue weighted by Gasteiger charge is 1.81. The Morgan fingerprint density at radius 1 is 1.44 bits per heavy atom. The molecule has 0 saturated heterocycles. The fraction of sp³-hybridized carbons (Fsp3) is 0.143. The van der Waals surface area contributed by atoms with Crippen molar-refractivity contribution in [3.63, 3.8) is 0 Å². The third-order valence-electron chi connectivity index (χ3n) is 0.724. The number of aliphatic hydroxyl groups is 1. The van der Waals surface area contributed by atoms with Crippen LogP contribution in [0.25, 0.3) is 0 Å². The van der Waals surface area contributed by atoms with Crippen molar-refractivity contribution in [3.05, 3.63) is 36.0 Å². The van der Waals surface area contributed by atoms with Crippen molar-refractivity contribution in [2.45, 2.75) is 0 Å². The summed E-state index contributed by atoms with van der Waals surface area (Å²) in [7, 11) is 0. The number of allylic oxidation sites excluding steroid dienone is 2. The maximum absolute atomic E-state index is 8.57. The molecule has 0 rings (SSSR count). The van der Waals surface area contributed by atoms with Crippen molar-refractivity contribution in [1.82, 2.24) is 0 Å². The van der Waals surface area contributed by atoms with Gasteiger partial charge in [0, 0.05) is 0 Å². The molecule has 0 aliphatic heterocycles. The van der Waals surface area contributed by atoms with Gasteiger partial charge in [-0.1, -0.05) is 13.2 Å². The van der Waals surface area contributed by atoms with Gasteiger partial charge in [0.1, 0.15) is 5.76 Å². The molecule has 0 aromatic carbocycles. The van der Waals surface area contributed by atoms with E-state index in [9.17, 15) is 0 Å². The summed E-state index contributed by atoms with van der Waals surface area (Å²) in [6.07, 6.45) is 5.15. The molecule has 0 fully saturated rings. The topological polar surface area (TPSA) is 20.2 Å². The van der Waals surface area contributed by atoms with Gasteiger partial charge in [-0.05, 0) is 23.3 Å². The van der Waals surface area contributed by atoms with Gasteiger partial charge in [0.05, 0.1) is 0 Å². The van der Waals surface area contributed by atoms with Crippen LogP contribution in [0.5, 0.6) is 0 Å². The lowest BCUT2D eigenvalue weighted by Gasteiger charge is -1.89. The van der Waals surface area contributed by atoms with Crippen LogP contribution in [0.4, 0.5) is 0 Å². The Morgan fingerprint density at radius 3 is 2.33 bits per heavy atom. The minimum atomic E-state index is 0.0604. The Kier molecular flexibility index (Phi) is 3.97. The lowest BCUT2D eigenvalue weighted by atomic mass is 10.4. The van der Waals surface area contributed by atoms with Crippen LogP contribution in [-0.2, 0) is 0 Å². The molecule has 2 heteroatoms. The molecule has 0 saturated carbocycles. The monoisotopic (exact) mass is 142 g/mol. The van der Waals surface area contributed by atoms with Crippen LogP contribution in [0.15, 0.2) is 36.0 Å². The first-order chi connectivity index (χ1) is 4.16. The van der Waals surface area contributed by atoms with E-state index in [0.29, 0.717) is 0 Å². The second kappa shape index (κ2) is 4.27. The van der Waals surface area contributed by atoms with Crippen LogP contribution >= 0.6 is 11.8 Å². The zero-order valence-electron chi connectivity index (χ0n) is 5.42. The van der Waals surface area contributed by atoms with E-state index in [1.807, 2.05) is 6.26 Å². The first-order valence-corrected chi connectivity index (χ1v) is 3.68. The predicted molar refractivity (Wildman–Crippen MR) is 43.6 cm³/mol. The van der Waals surface area contributed by atoms with Crippen LogP contribution in [0, 0.1) is 0 Å². The first kappa shape index (κ1) is 8.37. The summed E-state index contributed by atoms with van der Waals surface area (Å²) in [4.78, 5) is 0.908. The zero-order chi connectivity index (χ0) is 7.28. The molecule has 0 unspecified atom stereocenters. The summed E-state index contributed by atoms with van der Waals surface area (Å²) < 4.78 is 0. The number of hydrogen-bond acceptors (Lipinski definition) is 2. The minimum Gasteiger partial charge on any atom is -0.509 e. The molecule has 1 nitrogen and oxygen atoms in total. The maximum Gasteiger partial charge on any atom is 0.108 e. The van der Waals surface area contributed by atoms with E-state index < -0.39 is 0 Å². The van der Waals surface area contributed by atoms with E-state index in [1.165, 1.54) is 17.8 Å². The Morgan fingerprint density at radius 2 is 2.00 bits per heavy atom. The van der Waals surface area contributed by atoms with Crippen molar-refractivity contribution in [2.75, 3.05) is 6.26 Å². The van der Waals surface area contributed by atoms with Crippen LogP contribution in [0.3, 0.4) is 0 Å². The molecule has 0 spiro atoms. The number of hydrogen-bond donors (Lipinski definition) is 1. The summed E-state index contributed by atoms with van der Waals surface area (Å²) in [5.74, 6) is 0.0604. The molecule has 1 N–H and O–H groups in total. The van der Waals surface area contributed by atoms with Gasteiger partial charge in [0.15, 0.2) is 0 Å². The Bertz CT molecular complexity index is 147. The molecule has 0 aliphatic carbocycles. The van der Waals surface area contributed by atoms with Crippen molar-refractivity contribution in [2.24, 2.45) is 0 Å². The minimum absolute atomic E-state index is 0.0604. The standard InChI is InChI=1S/C7H10OS/c1-6(8)4-5-7(2)9-3/h4-5,8H,1-2H2,3H3/b5-4-. The second-order valence-corrected chi connectivity index (χ2v) is 2.43. The molecule has 0 aromatic rings. The van der Waals surface area contributed by atoms with Crippen molar-refractivity contribution in [3.8, 4) is 0 Å². The van der Waals surface area contributed by atoms with Gasteiger partial charge in [-0.3, -0.25) is 0 Å².